The first-order valence-corrected chi connectivity index (χ1v) is 13.1. The normalized spacial score (nSPS) is 15.5. The Labute approximate surface area is 211 Å². The van der Waals surface area contributed by atoms with Crippen LogP contribution < -0.4 is 4.72 Å². The Hall–Kier alpha value is -3.04. The second-order valence-corrected chi connectivity index (χ2v) is 12.3. The van der Waals surface area contributed by atoms with E-state index in [2.05, 4.69) is 9.71 Å². The highest BCUT2D eigenvalue weighted by molar-refractivity contribution is 7.90. The number of sulfonamides is 1. The maximum absolute atomic E-state index is 15.5. The molecule has 0 amide bonds. The fourth-order valence-electron chi connectivity index (χ4n) is 4.35. The number of rotatable bonds is 8. The van der Waals surface area contributed by atoms with Gasteiger partial charge < -0.3 is 4.57 Å². The van der Waals surface area contributed by atoms with Crippen LogP contribution in [0.5, 0.6) is 0 Å². The number of aromatic nitrogens is 2. The van der Waals surface area contributed by atoms with Gasteiger partial charge in [-0.25, -0.2) is 40.1 Å². The van der Waals surface area contributed by atoms with E-state index in [9.17, 15) is 31.2 Å². The Morgan fingerprint density at radius 1 is 1.19 bits per heavy atom. The number of halogens is 5. The van der Waals surface area contributed by atoms with E-state index >= 15 is 4.39 Å². The van der Waals surface area contributed by atoms with Crippen molar-refractivity contribution in [3.05, 3.63) is 53.2 Å². The number of fused-ring (bicyclic) bond motifs is 1. The zero-order valence-corrected chi connectivity index (χ0v) is 21.1. The van der Waals surface area contributed by atoms with Crippen molar-refractivity contribution in [2.75, 3.05) is 0 Å². The van der Waals surface area contributed by atoms with Gasteiger partial charge in [-0.15, -0.1) is 0 Å². The zero-order valence-electron chi connectivity index (χ0n) is 20.3. The number of hydrogen-bond donors (Lipinski definition) is 1. The molecule has 2 heterocycles. The van der Waals surface area contributed by atoms with Gasteiger partial charge in [0.15, 0.2) is 0 Å². The fourth-order valence-corrected chi connectivity index (χ4v) is 5.88. The second-order valence-electron chi connectivity index (χ2n) is 10.3. The van der Waals surface area contributed by atoms with Crippen molar-refractivity contribution in [1.82, 2.24) is 14.3 Å². The molecular weight excluding hydrogens is 515 g/mol. The van der Waals surface area contributed by atoms with Gasteiger partial charge in [-0.05, 0) is 36.5 Å². The molecular formula is C25H25F5N4O2S. The lowest BCUT2D eigenvalue weighted by Crippen LogP contribution is -2.35. The molecule has 1 aromatic carbocycles. The largest absolute Gasteiger partial charge is 0.347 e. The molecule has 37 heavy (non-hydrogen) atoms. The van der Waals surface area contributed by atoms with Crippen LogP contribution in [0.3, 0.4) is 0 Å². The van der Waals surface area contributed by atoms with E-state index in [4.69, 9.17) is 0 Å². The number of nitriles is 1. The van der Waals surface area contributed by atoms with E-state index in [0.29, 0.717) is 12.8 Å². The van der Waals surface area contributed by atoms with Gasteiger partial charge in [0.25, 0.3) is 12.9 Å². The monoisotopic (exact) mass is 540 g/mol. The summed E-state index contributed by atoms with van der Waals surface area (Å²) in [6.07, 6.45) is -3.06. The lowest BCUT2D eigenvalue weighted by atomic mass is 9.95. The Bertz CT molecular complexity index is 1490. The van der Waals surface area contributed by atoms with Crippen molar-refractivity contribution in [2.45, 2.75) is 64.3 Å². The molecule has 0 radical (unpaired) electrons. The van der Waals surface area contributed by atoms with Crippen LogP contribution in [0.4, 0.5) is 22.0 Å². The van der Waals surface area contributed by atoms with E-state index in [1.165, 1.54) is 12.3 Å². The third kappa shape index (κ3) is 5.48. The van der Waals surface area contributed by atoms with Crippen LogP contribution in [0.25, 0.3) is 22.0 Å². The fraction of sp³-hybridized carbons (Fsp3) is 0.440. The Kier molecular flexibility index (Phi) is 7.07. The van der Waals surface area contributed by atoms with Crippen molar-refractivity contribution >= 4 is 20.9 Å². The van der Waals surface area contributed by atoms with Gasteiger partial charge >= 0.3 is 0 Å². The number of hydrogen-bond acceptors (Lipinski definition) is 4. The molecule has 0 saturated heterocycles. The molecule has 0 bridgehead atoms. The molecule has 0 unspecified atom stereocenters. The van der Waals surface area contributed by atoms with Crippen LogP contribution in [-0.4, -0.2) is 29.6 Å². The Balaban J connectivity index is 1.98. The summed E-state index contributed by atoms with van der Waals surface area (Å²) in [6.45, 7) is 5.91. The van der Waals surface area contributed by atoms with Crippen molar-refractivity contribution in [3.63, 3.8) is 0 Å². The van der Waals surface area contributed by atoms with Gasteiger partial charge in [0.05, 0.1) is 5.25 Å². The van der Waals surface area contributed by atoms with Crippen molar-refractivity contribution < 1.29 is 30.4 Å². The van der Waals surface area contributed by atoms with Crippen LogP contribution in [0.15, 0.2) is 30.6 Å². The molecule has 198 valence electrons. The minimum absolute atomic E-state index is 0.00953. The molecule has 12 heteroatoms. The van der Waals surface area contributed by atoms with Crippen LogP contribution in [0.2, 0.25) is 0 Å². The average molecular weight is 541 g/mol. The summed E-state index contributed by atoms with van der Waals surface area (Å²) in [5.74, 6) is -1.04. The predicted octanol–water partition coefficient (Wildman–Crippen LogP) is 6.09. The quantitative estimate of drug-likeness (QED) is 0.351. The zero-order chi connectivity index (χ0) is 27.3. The minimum atomic E-state index is -4.02. The number of nitrogens with one attached hydrogen (secondary N) is 1. The van der Waals surface area contributed by atoms with Crippen LogP contribution >= 0.6 is 0 Å². The molecule has 1 aliphatic rings. The standard InChI is InChI=1S/C25H25F5N4O2S/c1-25(2,3)12-34-11-17(22(24(29)30)33-37(35,36)13-4-5-13)15-8-18(26)16(9-20(15)34)21-14(23(27)28)6-7-32-19(21)10-31/h6-9,11,13,22-24,33H,4-5,12H2,1-3H3/t22-/m0/s1. The third-order valence-electron chi connectivity index (χ3n) is 6.08. The topological polar surface area (TPSA) is 87.8 Å². The Morgan fingerprint density at radius 3 is 2.41 bits per heavy atom. The first-order chi connectivity index (χ1) is 17.2. The number of nitrogens with zero attached hydrogens (tertiary/aromatic N) is 3. The van der Waals surface area contributed by atoms with Crippen LogP contribution in [0.1, 0.15) is 62.9 Å². The van der Waals surface area contributed by atoms with E-state index in [-0.39, 0.29) is 39.6 Å². The highest BCUT2D eigenvalue weighted by Crippen LogP contribution is 2.40. The molecule has 0 spiro atoms. The maximum atomic E-state index is 15.5. The summed E-state index contributed by atoms with van der Waals surface area (Å²) in [5.41, 5.74) is -2.01. The molecule has 1 saturated carbocycles. The van der Waals surface area contributed by atoms with Gasteiger partial charge in [-0.1, -0.05) is 20.8 Å². The molecule has 0 aliphatic heterocycles. The number of benzene rings is 1. The van der Waals surface area contributed by atoms with Crippen molar-refractivity contribution in [3.8, 4) is 17.2 Å². The van der Waals surface area contributed by atoms with Gasteiger partial charge in [0, 0.05) is 52.1 Å². The summed E-state index contributed by atoms with van der Waals surface area (Å²) in [4.78, 5) is 3.80. The highest BCUT2D eigenvalue weighted by atomic mass is 32.2. The number of alkyl halides is 4. The van der Waals surface area contributed by atoms with E-state index in [0.717, 1.165) is 18.3 Å². The molecule has 3 aromatic rings. The van der Waals surface area contributed by atoms with Crippen LogP contribution in [0, 0.1) is 22.6 Å². The van der Waals surface area contributed by atoms with Crippen molar-refractivity contribution in [2.24, 2.45) is 5.41 Å². The van der Waals surface area contributed by atoms with Crippen molar-refractivity contribution in [1.29, 1.82) is 5.26 Å². The SMILES string of the molecule is CC(C)(C)Cn1cc([C@H](NS(=O)(=O)C2CC2)C(F)F)c2cc(F)c(-c3c(C(F)F)ccnc3C#N)cc21. The van der Waals surface area contributed by atoms with Gasteiger partial charge in [0.1, 0.15) is 23.6 Å². The molecule has 2 aromatic heterocycles. The predicted molar refractivity (Wildman–Crippen MR) is 128 cm³/mol. The molecule has 1 atom stereocenters. The molecule has 1 aliphatic carbocycles. The van der Waals surface area contributed by atoms with E-state index in [1.54, 1.807) is 10.6 Å². The molecule has 4 rings (SSSR count). The average Bonchev–Trinajstić information content (AvgIpc) is 3.61. The summed E-state index contributed by atoms with van der Waals surface area (Å²) in [5, 5.41) is 8.72. The van der Waals surface area contributed by atoms with Gasteiger partial charge in [-0.2, -0.15) is 5.26 Å². The second kappa shape index (κ2) is 9.68. The van der Waals surface area contributed by atoms with E-state index < -0.39 is 51.2 Å². The first kappa shape index (κ1) is 27.0. The minimum Gasteiger partial charge on any atom is -0.347 e. The summed E-state index contributed by atoms with van der Waals surface area (Å²) < 4.78 is 100. The summed E-state index contributed by atoms with van der Waals surface area (Å²) in [7, 11) is -4.02. The highest BCUT2D eigenvalue weighted by Gasteiger charge is 2.40. The van der Waals surface area contributed by atoms with Crippen LogP contribution in [-0.2, 0) is 16.6 Å². The molecule has 6 nitrogen and oxygen atoms in total. The van der Waals surface area contributed by atoms with Gasteiger partial charge in [-0.3, -0.25) is 0 Å². The summed E-state index contributed by atoms with van der Waals surface area (Å²) in [6, 6.07) is 2.90. The third-order valence-corrected chi connectivity index (χ3v) is 8.01. The summed E-state index contributed by atoms with van der Waals surface area (Å²) >= 11 is 0. The lowest BCUT2D eigenvalue weighted by molar-refractivity contribution is 0.109. The lowest BCUT2D eigenvalue weighted by Gasteiger charge is -2.20. The van der Waals surface area contributed by atoms with Gasteiger partial charge in [0.2, 0.25) is 10.0 Å². The Morgan fingerprint density at radius 2 is 1.86 bits per heavy atom. The van der Waals surface area contributed by atoms with E-state index in [1.807, 2.05) is 20.8 Å². The number of pyridine rings is 1. The molecule has 1 fully saturated rings. The smallest absolute Gasteiger partial charge is 0.264 e. The molecule has 1 N–H and O–H groups in total. The maximum Gasteiger partial charge on any atom is 0.264 e. The first-order valence-electron chi connectivity index (χ1n) is 11.5.